The summed E-state index contributed by atoms with van der Waals surface area (Å²) in [4.78, 5) is 8.41. The molecule has 0 fully saturated rings. The van der Waals surface area contributed by atoms with Crippen LogP contribution < -0.4 is 5.32 Å². The molecule has 84 valence electrons. The van der Waals surface area contributed by atoms with Crippen molar-refractivity contribution in [1.29, 1.82) is 0 Å². The van der Waals surface area contributed by atoms with Crippen molar-refractivity contribution in [1.82, 2.24) is 14.5 Å². The zero-order valence-corrected chi connectivity index (χ0v) is 9.64. The Bertz CT molecular complexity index is 462. The third-order valence-corrected chi connectivity index (χ3v) is 2.54. The number of imidazole rings is 1. The zero-order chi connectivity index (χ0) is 11.4. The summed E-state index contributed by atoms with van der Waals surface area (Å²) in [6, 6.07) is 2.03. The fourth-order valence-electron chi connectivity index (χ4n) is 1.61. The largest absolute Gasteiger partial charge is 0.356 e. The molecule has 0 radical (unpaired) electrons. The van der Waals surface area contributed by atoms with E-state index < -0.39 is 0 Å². The molecule has 2 rings (SSSR count). The molecule has 2 heterocycles. The van der Waals surface area contributed by atoms with Crippen molar-refractivity contribution in [3.63, 3.8) is 0 Å². The van der Waals surface area contributed by atoms with E-state index in [-0.39, 0.29) is 0 Å². The quantitative estimate of drug-likeness (QED) is 0.850. The molecule has 0 aromatic carbocycles. The minimum Gasteiger partial charge on any atom is -0.356 e. The maximum absolute atomic E-state index is 4.26. The molecule has 0 amide bonds. The lowest BCUT2D eigenvalue weighted by Gasteiger charge is -2.09. The highest BCUT2D eigenvalue weighted by molar-refractivity contribution is 5.29. The number of rotatable bonds is 4. The van der Waals surface area contributed by atoms with E-state index in [1.54, 1.807) is 0 Å². The molecular weight excluding hydrogens is 200 g/mol. The molecule has 4 nitrogen and oxygen atoms in total. The van der Waals surface area contributed by atoms with Crippen molar-refractivity contribution in [2.75, 3.05) is 11.9 Å². The molecular formula is C12H16N4. The fourth-order valence-corrected chi connectivity index (χ4v) is 1.61. The van der Waals surface area contributed by atoms with Gasteiger partial charge in [0.25, 0.3) is 0 Å². The summed E-state index contributed by atoms with van der Waals surface area (Å²) in [5.41, 5.74) is 2.48. The first-order valence-corrected chi connectivity index (χ1v) is 5.45. The summed E-state index contributed by atoms with van der Waals surface area (Å²) < 4.78 is 2.09. The summed E-state index contributed by atoms with van der Waals surface area (Å²) in [5, 5.41) is 3.23. The first-order valence-electron chi connectivity index (χ1n) is 5.45. The highest BCUT2D eigenvalue weighted by atomic mass is 15.2. The molecule has 0 spiro atoms. The van der Waals surface area contributed by atoms with Crippen LogP contribution in [0.2, 0.25) is 0 Å². The predicted octanol–water partition coefficient (Wildman–Crippen LogP) is 2.07. The summed E-state index contributed by atoms with van der Waals surface area (Å²) in [5.74, 6) is 0.908. The minimum absolute atomic E-state index is 0.808. The minimum atomic E-state index is 0.808. The van der Waals surface area contributed by atoms with Gasteiger partial charge in [0.05, 0.1) is 6.54 Å². The molecule has 0 saturated carbocycles. The second-order valence-corrected chi connectivity index (χ2v) is 3.71. The first kappa shape index (κ1) is 10.7. The van der Waals surface area contributed by atoms with Gasteiger partial charge in [0.1, 0.15) is 0 Å². The maximum atomic E-state index is 4.26. The van der Waals surface area contributed by atoms with Crippen molar-refractivity contribution >= 4 is 5.95 Å². The van der Waals surface area contributed by atoms with Gasteiger partial charge in [0, 0.05) is 31.3 Å². The van der Waals surface area contributed by atoms with Crippen LogP contribution in [-0.2, 0) is 6.54 Å². The first-order chi connectivity index (χ1) is 7.81. The molecule has 0 aliphatic heterocycles. The second-order valence-electron chi connectivity index (χ2n) is 3.71. The summed E-state index contributed by atoms with van der Waals surface area (Å²) in [7, 11) is 0. The topological polar surface area (TPSA) is 42.7 Å². The van der Waals surface area contributed by atoms with Crippen LogP contribution in [0.4, 0.5) is 5.95 Å². The van der Waals surface area contributed by atoms with Crippen LogP contribution in [0.5, 0.6) is 0 Å². The second kappa shape index (κ2) is 4.79. The van der Waals surface area contributed by atoms with E-state index in [0.717, 1.165) is 19.0 Å². The van der Waals surface area contributed by atoms with E-state index in [2.05, 4.69) is 33.7 Å². The lowest BCUT2D eigenvalue weighted by Crippen LogP contribution is -2.08. The third-order valence-electron chi connectivity index (χ3n) is 2.54. The van der Waals surface area contributed by atoms with Crippen molar-refractivity contribution in [3.8, 4) is 0 Å². The Labute approximate surface area is 95.4 Å². The Morgan fingerprint density at radius 2 is 2.25 bits per heavy atom. The van der Waals surface area contributed by atoms with Crippen LogP contribution in [0.1, 0.15) is 18.1 Å². The van der Waals surface area contributed by atoms with E-state index in [1.807, 2.05) is 30.9 Å². The van der Waals surface area contributed by atoms with Crippen molar-refractivity contribution in [2.24, 2.45) is 0 Å². The molecule has 2 aromatic heterocycles. The van der Waals surface area contributed by atoms with Crippen LogP contribution in [0.3, 0.4) is 0 Å². The van der Waals surface area contributed by atoms with Gasteiger partial charge in [0.15, 0.2) is 0 Å². The van der Waals surface area contributed by atoms with Gasteiger partial charge in [-0.3, -0.25) is 4.98 Å². The van der Waals surface area contributed by atoms with Crippen LogP contribution in [0.15, 0.2) is 30.9 Å². The summed E-state index contributed by atoms with van der Waals surface area (Å²) >= 11 is 0. The molecule has 4 heteroatoms. The monoisotopic (exact) mass is 216 g/mol. The Hall–Kier alpha value is -1.84. The molecule has 2 aromatic rings. The fraction of sp³-hybridized carbons (Fsp3) is 0.333. The standard InChI is InChI=1S/C12H16N4/c1-3-14-12-15-6-7-16(12)9-11-8-13-5-4-10(11)2/h4-8H,3,9H2,1-2H3,(H,14,15). The van der Waals surface area contributed by atoms with Crippen LogP contribution in [0, 0.1) is 6.92 Å². The molecule has 16 heavy (non-hydrogen) atoms. The van der Waals surface area contributed by atoms with Gasteiger partial charge in [-0.2, -0.15) is 0 Å². The van der Waals surface area contributed by atoms with Crippen LogP contribution >= 0.6 is 0 Å². The van der Waals surface area contributed by atoms with Gasteiger partial charge < -0.3 is 9.88 Å². The Kier molecular flexibility index (Phi) is 3.19. The van der Waals surface area contributed by atoms with Gasteiger partial charge in [0.2, 0.25) is 5.95 Å². The van der Waals surface area contributed by atoms with Crippen molar-refractivity contribution in [2.45, 2.75) is 20.4 Å². The lowest BCUT2D eigenvalue weighted by molar-refractivity contribution is 0.790. The van der Waals surface area contributed by atoms with Gasteiger partial charge in [-0.1, -0.05) is 0 Å². The van der Waals surface area contributed by atoms with Gasteiger partial charge in [-0.05, 0) is 31.0 Å². The Balaban J connectivity index is 2.20. The molecule has 0 bridgehead atoms. The Morgan fingerprint density at radius 1 is 1.38 bits per heavy atom. The van der Waals surface area contributed by atoms with E-state index >= 15 is 0 Å². The highest BCUT2D eigenvalue weighted by Gasteiger charge is 2.03. The normalized spacial score (nSPS) is 10.4. The average molecular weight is 216 g/mol. The van der Waals surface area contributed by atoms with E-state index in [4.69, 9.17) is 0 Å². The highest BCUT2D eigenvalue weighted by Crippen LogP contribution is 2.11. The number of aromatic nitrogens is 3. The molecule has 0 atom stereocenters. The van der Waals surface area contributed by atoms with Gasteiger partial charge in [-0.15, -0.1) is 0 Å². The SMILES string of the molecule is CCNc1nccn1Cc1cnccc1C. The zero-order valence-electron chi connectivity index (χ0n) is 9.64. The molecule has 0 aliphatic carbocycles. The lowest BCUT2D eigenvalue weighted by atomic mass is 10.1. The third kappa shape index (κ3) is 2.21. The van der Waals surface area contributed by atoms with E-state index in [0.29, 0.717) is 0 Å². The number of hydrogen-bond donors (Lipinski definition) is 1. The van der Waals surface area contributed by atoms with Gasteiger partial charge in [-0.25, -0.2) is 4.98 Å². The average Bonchev–Trinajstić information content (AvgIpc) is 2.70. The van der Waals surface area contributed by atoms with E-state index in [1.165, 1.54) is 11.1 Å². The summed E-state index contributed by atoms with van der Waals surface area (Å²) in [6.07, 6.45) is 7.51. The van der Waals surface area contributed by atoms with Crippen LogP contribution in [0.25, 0.3) is 0 Å². The molecule has 0 aliphatic rings. The number of aryl methyl sites for hydroxylation is 1. The van der Waals surface area contributed by atoms with Crippen molar-refractivity contribution < 1.29 is 0 Å². The molecule has 0 unspecified atom stereocenters. The van der Waals surface area contributed by atoms with Crippen molar-refractivity contribution in [3.05, 3.63) is 42.0 Å². The number of hydrogen-bond acceptors (Lipinski definition) is 3. The number of anilines is 1. The number of pyridine rings is 1. The maximum Gasteiger partial charge on any atom is 0.203 e. The van der Waals surface area contributed by atoms with Gasteiger partial charge >= 0.3 is 0 Å². The summed E-state index contributed by atoms with van der Waals surface area (Å²) in [6.45, 7) is 5.85. The smallest absolute Gasteiger partial charge is 0.203 e. The number of nitrogens with zero attached hydrogens (tertiary/aromatic N) is 3. The molecule has 0 saturated heterocycles. The van der Waals surface area contributed by atoms with Crippen LogP contribution in [-0.4, -0.2) is 21.1 Å². The predicted molar refractivity (Wildman–Crippen MR) is 64.5 cm³/mol. The molecule has 1 N–H and O–H groups in total. The Morgan fingerprint density at radius 3 is 3.00 bits per heavy atom. The van der Waals surface area contributed by atoms with E-state index in [9.17, 15) is 0 Å². The number of nitrogens with one attached hydrogen (secondary N) is 1.